The number of amidine groups is 1. The van der Waals surface area contributed by atoms with Crippen LogP contribution in [0, 0.1) is 23.0 Å². The summed E-state index contributed by atoms with van der Waals surface area (Å²) in [5.74, 6) is -5.85. The van der Waals surface area contributed by atoms with Crippen LogP contribution in [0.2, 0.25) is 0 Å². The Morgan fingerprint density at radius 2 is 1.94 bits per heavy atom. The van der Waals surface area contributed by atoms with Gasteiger partial charge in [-0.05, 0) is 19.1 Å². The zero-order chi connectivity index (χ0) is 25.6. The second-order valence-corrected chi connectivity index (χ2v) is 8.13. The van der Waals surface area contributed by atoms with Crippen molar-refractivity contribution in [1.82, 2.24) is 4.98 Å². The molecule has 0 radical (unpaired) electrons. The van der Waals surface area contributed by atoms with Gasteiger partial charge in [0.2, 0.25) is 5.82 Å². The molecule has 7 nitrogen and oxygen atoms in total. The lowest BCUT2D eigenvalue weighted by atomic mass is 9.76. The van der Waals surface area contributed by atoms with Crippen molar-refractivity contribution < 1.29 is 31.4 Å². The quantitative estimate of drug-likeness (QED) is 0.275. The number of pyridine rings is 1. The summed E-state index contributed by atoms with van der Waals surface area (Å²) in [6, 6.07) is 3.40. The van der Waals surface area contributed by atoms with E-state index in [2.05, 4.69) is 16.9 Å². The fourth-order valence-corrected chi connectivity index (χ4v) is 4.15. The molecule has 2 aromatic rings. The molecule has 2 heterocycles. The van der Waals surface area contributed by atoms with Gasteiger partial charge in [0, 0.05) is 29.3 Å². The van der Waals surface area contributed by atoms with Gasteiger partial charge in [0.25, 0.3) is 0 Å². The Bertz CT molecular complexity index is 1140. The molecule has 0 bridgehead atoms. The second kappa shape index (κ2) is 8.75. The van der Waals surface area contributed by atoms with Gasteiger partial charge in [-0.1, -0.05) is 19.6 Å². The van der Waals surface area contributed by atoms with Crippen LogP contribution in [0.4, 0.5) is 33.3 Å². The van der Waals surface area contributed by atoms with Crippen LogP contribution in [-0.4, -0.2) is 35.8 Å². The van der Waals surface area contributed by atoms with Crippen molar-refractivity contribution in [3.8, 4) is 5.75 Å². The van der Waals surface area contributed by atoms with Crippen LogP contribution < -0.4 is 21.5 Å². The van der Waals surface area contributed by atoms with E-state index < -0.39 is 52.9 Å². The maximum atomic E-state index is 14.5. The van der Waals surface area contributed by atoms with Crippen LogP contribution in [0.15, 0.2) is 36.7 Å². The number of rotatable bonds is 6. The number of anilines is 2. The van der Waals surface area contributed by atoms with Crippen LogP contribution in [0.3, 0.4) is 0 Å². The number of aromatic nitrogens is 1. The second-order valence-electron chi connectivity index (χ2n) is 8.13. The standard InChI is InChI=1S/C22H24F5N5O2/c1-9-14(11-5-6-12(23)15(24)19(11)33-4)18(34-21(9,3)22(25,26)27)10(2)32-13-7-8-31-17(16(13)28)20(29)30/h5-9,14,18H,2,28H2,1,3-4H3,(H3,29,30)(H,31,32)/t9?,14-,18-,21+/m0/s1. The fraction of sp³-hybridized carbons (Fsp3) is 0.364. The third-order valence-corrected chi connectivity index (χ3v) is 6.20. The molecular formula is C22H24F5N5O2. The molecule has 34 heavy (non-hydrogen) atoms. The van der Waals surface area contributed by atoms with Gasteiger partial charge >= 0.3 is 6.18 Å². The van der Waals surface area contributed by atoms with Crippen LogP contribution >= 0.6 is 0 Å². The predicted molar refractivity (Wildman–Crippen MR) is 117 cm³/mol. The third kappa shape index (κ3) is 4.02. The van der Waals surface area contributed by atoms with E-state index in [-0.39, 0.29) is 28.3 Å². The van der Waals surface area contributed by atoms with Gasteiger partial charge in [-0.2, -0.15) is 17.6 Å². The van der Waals surface area contributed by atoms with E-state index >= 15 is 0 Å². The number of ether oxygens (including phenoxy) is 2. The lowest BCUT2D eigenvalue weighted by Crippen LogP contribution is -2.47. The molecule has 1 aliphatic heterocycles. The molecule has 1 saturated heterocycles. The van der Waals surface area contributed by atoms with Crippen molar-refractivity contribution in [1.29, 1.82) is 5.41 Å². The van der Waals surface area contributed by atoms with Crippen molar-refractivity contribution in [2.45, 2.75) is 37.6 Å². The number of halogens is 5. The predicted octanol–water partition coefficient (Wildman–Crippen LogP) is 4.30. The molecule has 1 aromatic heterocycles. The maximum absolute atomic E-state index is 14.5. The van der Waals surface area contributed by atoms with Crippen molar-refractivity contribution in [2.24, 2.45) is 11.7 Å². The van der Waals surface area contributed by atoms with E-state index in [1.54, 1.807) is 0 Å². The first-order valence-electron chi connectivity index (χ1n) is 10.1. The first kappa shape index (κ1) is 25.2. The summed E-state index contributed by atoms with van der Waals surface area (Å²) in [6.45, 7) is 6.02. The van der Waals surface area contributed by atoms with Crippen LogP contribution in [0.1, 0.15) is 31.0 Å². The summed E-state index contributed by atoms with van der Waals surface area (Å²) < 4.78 is 81.0. The number of nitrogens with two attached hydrogens (primary N) is 2. The highest BCUT2D eigenvalue weighted by Crippen LogP contribution is 2.56. The largest absolute Gasteiger partial charge is 0.493 e. The first-order valence-corrected chi connectivity index (χ1v) is 10.1. The lowest BCUT2D eigenvalue weighted by molar-refractivity contribution is -0.271. The van der Waals surface area contributed by atoms with Gasteiger partial charge in [0.15, 0.2) is 17.2 Å². The normalized spacial score (nSPS) is 24.6. The van der Waals surface area contributed by atoms with Crippen molar-refractivity contribution in [2.75, 3.05) is 18.2 Å². The number of hydrogen-bond donors (Lipinski definition) is 4. The Labute approximate surface area is 192 Å². The van der Waals surface area contributed by atoms with Crippen molar-refractivity contribution >= 4 is 17.2 Å². The molecule has 1 aliphatic rings. The summed E-state index contributed by atoms with van der Waals surface area (Å²) in [6.07, 6.45) is -4.84. The third-order valence-electron chi connectivity index (χ3n) is 6.20. The minimum atomic E-state index is -4.79. The Morgan fingerprint density at radius 1 is 1.29 bits per heavy atom. The van der Waals surface area contributed by atoms with Crippen LogP contribution in [0.5, 0.6) is 5.75 Å². The average molecular weight is 485 g/mol. The molecule has 0 saturated carbocycles. The number of alkyl halides is 3. The van der Waals surface area contributed by atoms with Gasteiger partial charge in [-0.25, -0.2) is 4.39 Å². The van der Waals surface area contributed by atoms with Gasteiger partial charge in [-0.3, -0.25) is 10.4 Å². The molecule has 0 aliphatic carbocycles. The molecule has 184 valence electrons. The summed E-state index contributed by atoms with van der Waals surface area (Å²) in [7, 11) is 1.09. The van der Waals surface area contributed by atoms with Gasteiger partial charge in [0.1, 0.15) is 17.6 Å². The zero-order valence-electron chi connectivity index (χ0n) is 18.6. The first-order chi connectivity index (χ1) is 15.7. The van der Waals surface area contributed by atoms with E-state index in [1.807, 2.05) is 0 Å². The lowest BCUT2D eigenvalue weighted by Gasteiger charge is -2.32. The van der Waals surface area contributed by atoms with E-state index in [0.717, 1.165) is 20.1 Å². The minimum Gasteiger partial charge on any atom is -0.493 e. The van der Waals surface area contributed by atoms with Gasteiger partial charge in [-0.15, -0.1) is 0 Å². The highest BCUT2D eigenvalue weighted by atomic mass is 19.4. The maximum Gasteiger partial charge on any atom is 0.417 e. The number of hydrogen-bond acceptors (Lipinski definition) is 6. The Kier molecular flexibility index (Phi) is 6.49. The molecular weight excluding hydrogens is 461 g/mol. The molecule has 1 unspecified atom stereocenters. The van der Waals surface area contributed by atoms with Gasteiger partial charge < -0.3 is 26.3 Å². The molecule has 6 N–H and O–H groups in total. The molecule has 4 atom stereocenters. The minimum absolute atomic E-state index is 0.0121. The highest BCUT2D eigenvalue weighted by molar-refractivity contribution is 6.00. The number of methoxy groups -OCH3 is 1. The van der Waals surface area contributed by atoms with E-state index in [0.29, 0.717) is 0 Å². The number of nitrogen functional groups attached to an aromatic ring is 2. The van der Waals surface area contributed by atoms with Crippen molar-refractivity contribution in [3.05, 3.63) is 59.6 Å². The van der Waals surface area contributed by atoms with Crippen LogP contribution in [0.25, 0.3) is 0 Å². The number of nitrogens with one attached hydrogen (secondary N) is 2. The zero-order valence-corrected chi connectivity index (χ0v) is 18.6. The number of nitrogens with zero attached hydrogens (tertiary/aromatic N) is 1. The monoisotopic (exact) mass is 485 g/mol. The molecule has 3 rings (SSSR count). The van der Waals surface area contributed by atoms with Crippen LogP contribution in [-0.2, 0) is 4.74 Å². The summed E-state index contributed by atoms with van der Waals surface area (Å²) in [5, 5.41) is 10.4. The van der Waals surface area contributed by atoms with E-state index in [1.165, 1.54) is 25.3 Å². The average Bonchev–Trinajstić information content (AvgIpc) is 3.03. The van der Waals surface area contributed by atoms with E-state index in [9.17, 15) is 22.0 Å². The Morgan fingerprint density at radius 3 is 2.50 bits per heavy atom. The Balaban J connectivity index is 2.11. The molecule has 1 fully saturated rings. The van der Waals surface area contributed by atoms with E-state index in [4.69, 9.17) is 26.4 Å². The van der Waals surface area contributed by atoms with Gasteiger partial charge in [0.05, 0.1) is 18.5 Å². The summed E-state index contributed by atoms with van der Waals surface area (Å²) in [4.78, 5) is 3.90. The SMILES string of the molecule is C=C(Nc1ccnc(C(=N)N)c1N)[C@@H]1O[C@@](C)(C(F)(F)F)C(C)[C@H]1c1ccc(F)c(F)c1OC. The number of benzene rings is 1. The summed E-state index contributed by atoms with van der Waals surface area (Å²) >= 11 is 0. The van der Waals surface area contributed by atoms with Crippen molar-refractivity contribution in [3.63, 3.8) is 0 Å². The highest BCUT2D eigenvalue weighted by Gasteiger charge is 2.65. The molecule has 1 aromatic carbocycles. The molecule has 12 heteroatoms. The molecule has 0 spiro atoms. The molecule has 0 amide bonds. The fourth-order valence-electron chi connectivity index (χ4n) is 4.15. The smallest absolute Gasteiger partial charge is 0.417 e. The summed E-state index contributed by atoms with van der Waals surface area (Å²) in [5.41, 5.74) is 8.88. The Hall–Kier alpha value is -3.41. The topological polar surface area (TPSA) is 119 Å².